The highest BCUT2D eigenvalue weighted by atomic mass is 16.5. The van der Waals surface area contributed by atoms with Gasteiger partial charge in [-0.2, -0.15) is 0 Å². The molecule has 0 aliphatic heterocycles. The number of Topliss-reactive ketones (excluding diaryl/α,β-unsaturated/α-hetero) is 1. The minimum Gasteiger partial charge on any atom is -0.497 e. The topological polar surface area (TPSA) is 77.5 Å². The van der Waals surface area contributed by atoms with E-state index in [-0.39, 0.29) is 24.5 Å². The van der Waals surface area contributed by atoms with Gasteiger partial charge in [0.1, 0.15) is 5.75 Å². The molecule has 6 nitrogen and oxygen atoms in total. The lowest BCUT2D eigenvalue weighted by molar-refractivity contribution is -0.116. The molecule has 6 heteroatoms. The van der Waals surface area contributed by atoms with E-state index < -0.39 is 0 Å². The molecule has 0 saturated carbocycles. The summed E-state index contributed by atoms with van der Waals surface area (Å²) in [5, 5.41) is 2.69. The predicted octanol–water partition coefficient (Wildman–Crippen LogP) is 2.70. The monoisotopic (exact) mass is 314 g/mol. The van der Waals surface area contributed by atoms with E-state index in [1.54, 1.807) is 43.5 Å². The summed E-state index contributed by atoms with van der Waals surface area (Å²) in [6, 6.07) is 10.2. The number of pyridine rings is 1. The summed E-state index contributed by atoms with van der Waals surface area (Å²) < 4.78 is 9.98. The summed E-state index contributed by atoms with van der Waals surface area (Å²) >= 11 is 0. The van der Waals surface area contributed by atoms with Crippen molar-refractivity contribution in [3.05, 3.63) is 48.2 Å². The third-order valence-electron chi connectivity index (χ3n) is 3.22. The Balaban J connectivity index is 1.83. The smallest absolute Gasteiger partial charge is 0.224 e. The zero-order chi connectivity index (χ0) is 16.7. The van der Waals surface area contributed by atoms with Crippen LogP contribution in [0.3, 0.4) is 0 Å². The van der Waals surface area contributed by atoms with Gasteiger partial charge < -0.3 is 14.8 Å². The number of rotatable bonds is 7. The Morgan fingerprint density at radius 2 is 1.74 bits per heavy atom. The summed E-state index contributed by atoms with van der Waals surface area (Å²) in [6.45, 7) is 0. The Labute approximate surface area is 134 Å². The summed E-state index contributed by atoms with van der Waals surface area (Å²) in [5.41, 5.74) is 1.12. The van der Waals surface area contributed by atoms with E-state index in [1.807, 2.05) is 0 Å². The number of nitrogens with zero attached hydrogens (tertiary/aromatic N) is 1. The van der Waals surface area contributed by atoms with Gasteiger partial charge in [-0.1, -0.05) is 0 Å². The normalized spacial score (nSPS) is 10.0. The number of ether oxygens (including phenoxy) is 2. The number of hydrogen-bond acceptors (Lipinski definition) is 5. The van der Waals surface area contributed by atoms with Crippen LogP contribution in [0.5, 0.6) is 11.6 Å². The molecule has 23 heavy (non-hydrogen) atoms. The standard InChI is InChI=1S/C17H18N2O4/c1-22-14-6-3-12(4-7-14)15(20)8-9-16(21)19-13-5-10-17(23-2)18-11-13/h3-7,10-11H,8-9H2,1-2H3,(H,19,21). The van der Waals surface area contributed by atoms with Crippen molar-refractivity contribution in [2.24, 2.45) is 0 Å². The maximum atomic E-state index is 12.0. The van der Waals surface area contributed by atoms with Gasteiger partial charge in [-0.15, -0.1) is 0 Å². The lowest BCUT2D eigenvalue weighted by atomic mass is 10.1. The van der Waals surface area contributed by atoms with Gasteiger partial charge in [0.25, 0.3) is 0 Å². The molecule has 2 rings (SSSR count). The Morgan fingerprint density at radius 3 is 2.30 bits per heavy atom. The zero-order valence-corrected chi connectivity index (χ0v) is 13.0. The van der Waals surface area contributed by atoms with Crippen molar-refractivity contribution >= 4 is 17.4 Å². The van der Waals surface area contributed by atoms with Crippen molar-refractivity contribution < 1.29 is 19.1 Å². The number of hydrogen-bond donors (Lipinski definition) is 1. The maximum Gasteiger partial charge on any atom is 0.224 e. The first-order chi connectivity index (χ1) is 11.1. The molecule has 1 N–H and O–H groups in total. The Bertz CT molecular complexity index is 666. The molecule has 0 aliphatic rings. The van der Waals surface area contributed by atoms with Gasteiger partial charge in [-0.05, 0) is 30.3 Å². The number of nitrogens with one attached hydrogen (secondary N) is 1. The number of methoxy groups -OCH3 is 2. The molecule has 1 amide bonds. The highest BCUT2D eigenvalue weighted by molar-refractivity contribution is 6.00. The molecule has 1 heterocycles. The van der Waals surface area contributed by atoms with Crippen molar-refractivity contribution in [3.63, 3.8) is 0 Å². The Morgan fingerprint density at radius 1 is 1.00 bits per heavy atom. The fraction of sp³-hybridized carbons (Fsp3) is 0.235. The summed E-state index contributed by atoms with van der Waals surface area (Å²) in [5.74, 6) is 0.832. The van der Waals surface area contributed by atoms with E-state index in [4.69, 9.17) is 9.47 Å². The first-order valence-electron chi connectivity index (χ1n) is 7.09. The van der Waals surface area contributed by atoms with E-state index in [0.717, 1.165) is 0 Å². The molecule has 0 spiro atoms. The van der Waals surface area contributed by atoms with Gasteiger partial charge in [0, 0.05) is 24.5 Å². The fourth-order valence-corrected chi connectivity index (χ4v) is 1.95. The second kappa shape index (κ2) is 7.93. The van der Waals surface area contributed by atoms with E-state index in [1.165, 1.54) is 13.3 Å². The van der Waals surface area contributed by atoms with Crippen LogP contribution < -0.4 is 14.8 Å². The van der Waals surface area contributed by atoms with Crippen LogP contribution in [0.2, 0.25) is 0 Å². The van der Waals surface area contributed by atoms with Crippen LogP contribution in [-0.4, -0.2) is 30.9 Å². The molecule has 1 aromatic carbocycles. The highest BCUT2D eigenvalue weighted by Gasteiger charge is 2.10. The van der Waals surface area contributed by atoms with Crippen molar-refractivity contribution in [1.82, 2.24) is 4.98 Å². The van der Waals surface area contributed by atoms with Crippen LogP contribution >= 0.6 is 0 Å². The molecule has 0 fully saturated rings. The van der Waals surface area contributed by atoms with Crippen LogP contribution in [0.4, 0.5) is 5.69 Å². The fourth-order valence-electron chi connectivity index (χ4n) is 1.95. The molecule has 120 valence electrons. The van der Waals surface area contributed by atoms with Crippen molar-refractivity contribution in [3.8, 4) is 11.6 Å². The highest BCUT2D eigenvalue weighted by Crippen LogP contribution is 2.14. The third kappa shape index (κ3) is 4.81. The third-order valence-corrected chi connectivity index (χ3v) is 3.22. The van der Waals surface area contributed by atoms with E-state index >= 15 is 0 Å². The van der Waals surface area contributed by atoms with Crippen molar-refractivity contribution in [1.29, 1.82) is 0 Å². The first-order valence-corrected chi connectivity index (χ1v) is 7.09. The van der Waals surface area contributed by atoms with Crippen LogP contribution in [0, 0.1) is 0 Å². The molecule has 1 aromatic heterocycles. The lowest BCUT2D eigenvalue weighted by Gasteiger charge is -2.06. The van der Waals surface area contributed by atoms with Crippen LogP contribution in [0.25, 0.3) is 0 Å². The summed E-state index contributed by atoms with van der Waals surface area (Å²) in [6.07, 6.45) is 1.75. The largest absolute Gasteiger partial charge is 0.497 e. The number of amides is 1. The minimum absolute atomic E-state index is 0.0874. The second-order valence-corrected chi connectivity index (χ2v) is 4.79. The van der Waals surface area contributed by atoms with E-state index in [2.05, 4.69) is 10.3 Å². The summed E-state index contributed by atoms with van der Waals surface area (Å²) in [7, 11) is 3.08. The molecule has 0 saturated heterocycles. The van der Waals surface area contributed by atoms with Crippen molar-refractivity contribution in [2.45, 2.75) is 12.8 Å². The second-order valence-electron chi connectivity index (χ2n) is 4.79. The molecule has 0 bridgehead atoms. The van der Waals surface area contributed by atoms with Gasteiger partial charge in [-0.25, -0.2) is 4.98 Å². The molecule has 0 unspecified atom stereocenters. The maximum absolute atomic E-state index is 12.0. The number of carbonyl (C=O) groups excluding carboxylic acids is 2. The number of benzene rings is 1. The number of aromatic nitrogens is 1. The van der Waals surface area contributed by atoms with Crippen LogP contribution in [0.15, 0.2) is 42.6 Å². The average molecular weight is 314 g/mol. The van der Waals surface area contributed by atoms with E-state index in [9.17, 15) is 9.59 Å². The van der Waals surface area contributed by atoms with Crippen LogP contribution in [0.1, 0.15) is 23.2 Å². The van der Waals surface area contributed by atoms with Gasteiger partial charge >= 0.3 is 0 Å². The average Bonchev–Trinajstić information content (AvgIpc) is 2.60. The number of carbonyl (C=O) groups is 2. The quantitative estimate of drug-likeness (QED) is 0.795. The number of ketones is 1. The SMILES string of the molecule is COc1ccc(C(=O)CCC(=O)Nc2ccc(OC)nc2)cc1. The molecule has 2 aromatic rings. The minimum atomic E-state index is -0.237. The molecule has 0 aliphatic carbocycles. The van der Waals surface area contributed by atoms with Gasteiger partial charge in [0.2, 0.25) is 11.8 Å². The van der Waals surface area contributed by atoms with Crippen LogP contribution in [-0.2, 0) is 4.79 Å². The Kier molecular flexibility index (Phi) is 5.68. The zero-order valence-electron chi connectivity index (χ0n) is 13.0. The molecule has 0 radical (unpaired) electrons. The van der Waals surface area contributed by atoms with Gasteiger partial charge in [0.15, 0.2) is 5.78 Å². The lowest BCUT2D eigenvalue weighted by Crippen LogP contribution is -2.13. The van der Waals surface area contributed by atoms with Gasteiger partial charge in [0.05, 0.1) is 26.1 Å². The molecular weight excluding hydrogens is 296 g/mol. The summed E-state index contributed by atoms with van der Waals surface area (Å²) in [4.78, 5) is 27.9. The number of anilines is 1. The van der Waals surface area contributed by atoms with Crippen molar-refractivity contribution in [2.75, 3.05) is 19.5 Å². The Hall–Kier alpha value is -2.89. The van der Waals surface area contributed by atoms with Gasteiger partial charge in [-0.3, -0.25) is 9.59 Å². The van der Waals surface area contributed by atoms with E-state index in [0.29, 0.717) is 22.9 Å². The molecular formula is C17H18N2O4. The molecule has 0 atom stereocenters. The first kappa shape index (κ1) is 16.5. The predicted molar refractivity (Wildman–Crippen MR) is 86.0 cm³/mol.